The average molecular weight is 1570 g/mol. The van der Waals surface area contributed by atoms with Crippen molar-refractivity contribution in [3.63, 3.8) is 0 Å². The van der Waals surface area contributed by atoms with Gasteiger partial charge in [0, 0.05) is 31.9 Å². The number of nitrogens with one attached hydrogen (secondary N) is 1. The number of hydrogen-bond donors (Lipinski definition) is 4. The molecule has 1 unspecified atom stereocenters. The van der Waals surface area contributed by atoms with Gasteiger partial charge in [-0.05, 0) is 31.6 Å². The van der Waals surface area contributed by atoms with E-state index in [0.717, 1.165) is 77.0 Å². The van der Waals surface area contributed by atoms with Crippen molar-refractivity contribution in [1.82, 2.24) is 5.32 Å². The highest BCUT2D eigenvalue weighted by molar-refractivity contribution is 7.47. The van der Waals surface area contributed by atoms with E-state index in [1.54, 1.807) is 0 Å². The molecular weight excluding hydrogens is 1430 g/mol. The Morgan fingerprint density at radius 2 is 0.570 bits per heavy atom. The lowest BCUT2D eigenvalue weighted by molar-refractivity contribution is -0.138. The zero-order chi connectivity index (χ0) is 77.7. The van der Waals surface area contributed by atoms with Crippen molar-refractivity contribution in [3.8, 4) is 5.75 Å². The fraction of sp³-hybridized carbons (Fsp3) is 0.870. The predicted octanol–water partition coefficient (Wildman–Crippen LogP) is 14.8. The van der Waals surface area contributed by atoms with Crippen LogP contribution in [-0.2, 0) is 94.4 Å². The highest BCUT2D eigenvalue weighted by Gasteiger charge is 2.25. The minimum Gasteiger partial charge on any atom is -0.481 e. The van der Waals surface area contributed by atoms with Gasteiger partial charge in [0.25, 0.3) is 0 Å². The number of benzene rings is 1. The molecule has 1 amide bonds. The van der Waals surface area contributed by atoms with Gasteiger partial charge >= 0.3 is 25.7 Å². The lowest BCUT2D eigenvalue weighted by Gasteiger charge is -2.19. The second kappa shape index (κ2) is 77.7. The van der Waals surface area contributed by atoms with Crippen LogP contribution in [0.15, 0.2) is 6.07 Å². The number of carboxylic acid groups (broad SMARTS) is 2. The Bertz CT molecular complexity index is 2230. The fourth-order valence-corrected chi connectivity index (χ4v) is 11.8. The fourth-order valence-electron chi connectivity index (χ4n) is 11.0. The Labute approximate surface area is 636 Å². The first-order chi connectivity index (χ1) is 52.2. The van der Waals surface area contributed by atoms with E-state index < -0.39 is 61.2 Å². The number of aliphatic carboxylic acids is 2. The van der Waals surface area contributed by atoms with Crippen LogP contribution in [0, 0.1) is 29.2 Å². The average Bonchev–Trinajstić information content (AvgIpc) is 0.821. The number of ether oxygens (including phenoxy) is 14. The van der Waals surface area contributed by atoms with Crippen molar-refractivity contribution >= 4 is 31.6 Å². The molecule has 0 fully saturated rings. The number of halogens is 4. The molecular formula is C77H138F4NO24P. The minimum absolute atomic E-state index is 0.0143. The number of phosphoric ester groups is 1. The summed E-state index contributed by atoms with van der Waals surface area (Å²) in [5, 5.41) is 20.2. The van der Waals surface area contributed by atoms with E-state index in [4.69, 9.17) is 80.8 Å². The van der Waals surface area contributed by atoms with Crippen LogP contribution in [0.5, 0.6) is 5.75 Å². The lowest BCUT2D eigenvalue weighted by Crippen LogP contribution is -2.28. The van der Waals surface area contributed by atoms with Crippen LogP contribution >= 0.6 is 7.82 Å². The lowest BCUT2D eigenvalue weighted by atomic mass is 9.94. The summed E-state index contributed by atoms with van der Waals surface area (Å²) in [5.41, 5.74) is 0. The number of unbranched alkanes of at least 4 members (excludes halogenated alkanes) is 29. The molecule has 0 saturated carbocycles. The number of carbonyl (C=O) groups is 4. The van der Waals surface area contributed by atoms with Crippen LogP contribution in [0.2, 0.25) is 0 Å². The standard InChI is InChI=1S/C77H138F4NO24P/c78-69-66-70(79)76(81)77(75(69)80)106-74(88)37-40-92-43-45-94-47-49-96-51-53-98-55-57-100-59-61-102-63-65-103-64-62-101-60-58-99-56-54-97-52-50-95-48-46-93-44-42-91-39-36-71(83)82-38-41-104-107(89,90)105-67-68(33-29-25-21-17-13-9-5-3-7-11-15-19-23-27-31-35-73(86)87)32-28-24-20-16-12-8-4-1-2-6-10-14-18-22-26-30-34-72(84)85/h66,68H,1-65,67H2,(H,82,83)(H,84,85)(H,86,87)(H,89,90)/t68-/m1/s1. The molecule has 1 aromatic rings. The van der Waals surface area contributed by atoms with E-state index in [-0.39, 0.29) is 89.9 Å². The summed E-state index contributed by atoms with van der Waals surface area (Å²) in [4.78, 5) is 56.0. The van der Waals surface area contributed by atoms with Gasteiger partial charge < -0.3 is 86.7 Å². The summed E-state index contributed by atoms with van der Waals surface area (Å²) in [6.45, 7) is 9.02. The summed E-state index contributed by atoms with van der Waals surface area (Å²) < 4.78 is 153. The normalized spacial score (nSPS) is 12.5. The number of amides is 1. The van der Waals surface area contributed by atoms with Crippen molar-refractivity contribution in [2.75, 3.05) is 192 Å². The van der Waals surface area contributed by atoms with E-state index >= 15 is 0 Å². The molecule has 0 saturated heterocycles. The molecule has 1 aromatic carbocycles. The molecule has 4 N–H and O–H groups in total. The van der Waals surface area contributed by atoms with Gasteiger partial charge in [-0.15, -0.1) is 0 Å². The molecule has 25 nitrogen and oxygen atoms in total. The molecule has 0 spiro atoms. The topological polar surface area (TPSA) is 306 Å². The van der Waals surface area contributed by atoms with Crippen LogP contribution in [0.3, 0.4) is 0 Å². The zero-order valence-corrected chi connectivity index (χ0v) is 65.6. The number of esters is 1. The highest BCUT2D eigenvalue weighted by atomic mass is 31.2. The van der Waals surface area contributed by atoms with Gasteiger partial charge in [-0.3, -0.25) is 28.2 Å². The van der Waals surface area contributed by atoms with E-state index in [2.05, 4.69) is 10.1 Å². The third kappa shape index (κ3) is 72.4. The smallest absolute Gasteiger partial charge is 0.472 e. The molecule has 107 heavy (non-hydrogen) atoms. The number of rotatable bonds is 87. The molecule has 0 radical (unpaired) electrons. The Morgan fingerprint density at radius 1 is 0.327 bits per heavy atom. The quantitative estimate of drug-likeness (QED) is 0.0118. The van der Waals surface area contributed by atoms with Crippen LogP contribution in [-0.4, -0.2) is 230 Å². The number of carbonyl (C=O) groups excluding carboxylic acids is 2. The second-order valence-corrected chi connectivity index (χ2v) is 27.8. The zero-order valence-electron chi connectivity index (χ0n) is 64.7. The van der Waals surface area contributed by atoms with Crippen LogP contribution in [0.1, 0.15) is 238 Å². The highest BCUT2D eigenvalue weighted by Crippen LogP contribution is 2.44. The molecule has 30 heteroatoms. The van der Waals surface area contributed by atoms with Gasteiger partial charge in [0.15, 0.2) is 11.6 Å². The molecule has 628 valence electrons. The van der Waals surface area contributed by atoms with Crippen molar-refractivity contribution < 1.29 is 132 Å². The summed E-state index contributed by atoms with van der Waals surface area (Å²) in [6.07, 6.45) is 38.9. The molecule has 0 aromatic heterocycles. The maximum absolute atomic E-state index is 13.6. The van der Waals surface area contributed by atoms with Crippen LogP contribution in [0.25, 0.3) is 0 Å². The first kappa shape index (κ1) is 101. The molecule has 0 aliphatic rings. The molecule has 1 rings (SSSR count). The first-order valence-corrected chi connectivity index (χ1v) is 41.6. The second-order valence-electron chi connectivity index (χ2n) is 26.4. The van der Waals surface area contributed by atoms with E-state index in [0.29, 0.717) is 139 Å². The third-order valence-corrected chi connectivity index (χ3v) is 18.1. The van der Waals surface area contributed by atoms with Crippen LogP contribution in [0.4, 0.5) is 17.6 Å². The Balaban J connectivity index is 1.96. The Kier molecular flexibility index (Phi) is 73.7. The summed E-state index contributed by atoms with van der Waals surface area (Å²) in [5.74, 6) is -11.0. The molecule has 0 heterocycles. The van der Waals surface area contributed by atoms with Gasteiger partial charge in [-0.2, -0.15) is 8.78 Å². The van der Waals surface area contributed by atoms with Crippen molar-refractivity contribution in [1.29, 1.82) is 0 Å². The van der Waals surface area contributed by atoms with E-state index in [1.165, 1.54) is 135 Å². The Hall–Kier alpha value is -3.59. The first-order valence-electron chi connectivity index (χ1n) is 40.1. The SMILES string of the molecule is O=C(O)CCCCCCCCCCCCCCCCCC[C@H](CCCCCCCCCCCCCCCCCC(=O)O)COP(=O)(O)OCCNC(=O)CCOCCOCCOCCOCCOCCOCCOCCOCCOCCOCCOCCOCCOCCC(=O)Oc1c(F)c(F)cc(F)c1F. The molecule has 0 bridgehead atoms. The summed E-state index contributed by atoms with van der Waals surface area (Å²) >= 11 is 0. The third-order valence-electron chi connectivity index (χ3n) is 17.1. The van der Waals surface area contributed by atoms with E-state index in [9.17, 15) is 46.2 Å². The van der Waals surface area contributed by atoms with Gasteiger partial charge in [0.1, 0.15) is 0 Å². The van der Waals surface area contributed by atoms with Gasteiger partial charge in [-0.25, -0.2) is 13.3 Å². The summed E-state index contributed by atoms with van der Waals surface area (Å²) in [6, 6.07) is 0.0143. The Morgan fingerprint density at radius 3 is 0.841 bits per heavy atom. The van der Waals surface area contributed by atoms with Crippen LogP contribution < -0.4 is 10.1 Å². The van der Waals surface area contributed by atoms with Gasteiger partial charge in [-0.1, -0.05) is 186 Å². The molecule has 2 atom stereocenters. The van der Waals surface area contributed by atoms with E-state index in [1.807, 2.05) is 0 Å². The van der Waals surface area contributed by atoms with Gasteiger partial charge in [0.05, 0.1) is 191 Å². The minimum atomic E-state index is -4.31. The predicted molar refractivity (Wildman–Crippen MR) is 397 cm³/mol. The number of carboxylic acids is 2. The number of hydrogen-bond acceptors (Lipinski definition) is 21. The largest absolute Gasteiger partial charge is 0.481 e. The van der Waals surface area contributed by atoms with Crippen molar-refractivity contribution in [2.45, 2.75) is 238 Å². The maximum atomic E-state index is 13.6. The molecule has 0 aliphatic carbocycles. The maximum Gasteiger partial charge on any atom is 0.472 e. The van der Waals surface area contributed by atoms with Crippen molar-refractivity contribution in [2.24, 2.45) is 5.92 Å². The monoisotopic (exact) mass is 1570 g/mol. The number of phosphoric acid groups is 1. The van der Waals surface area contributed by atoms with Crippen molar-refractivity contribution in [3.05, 3.63) is 29.3 Å². The summed E-state index contributed by atoms with van der Waals surface area (Å²) in [7, 11) is -4.31. The van der Waals surface area contributed by atoms with Gasteiger partial charge in [0.2, 0.25) is 23.3 Å². The molecule has 0 aliphatic heterocycles.